The first-order valence-corrected chi connectivity index (χ1v) is 5.10. The topological polar surface area (TPSA) is 58.9 Å². The molecule has 0 fully saturated rings. The molecule has 0 saturated carbocycles. The maximum absolute atomic E-state index is 10.7. The van der Waals surface area contributed by atoms with E-state index in [4.69, 9.17) is 4.74 Å². The molecule has 0 aliphatic heterocycles. The smallest absolute Gasteiger partial charge is 0.156 e. The van der Waals surface area contributed by atoms with Gasteiger partial charge in [0, 0.05) is 6.07 Å². The molecule has 4 heteroatoms. The molecule has 17 heavy (non-hydrogen) atoms. The normalized spacial score (nSPS) is 9.94. The molecule has 2 aromatic rings. The zero-order valence-corrected chi connectivity index (χ0v) is 9.25. The standard InChI is InChI=1S/C13H11NO3/c1-9-4-2-7-12(13(9)14-16)17-11-6-3-5-10(15)8-11/h2-8,15H,1H3. The molecule has 0 heterocycles. The van der Waals surface area contributed by atoms with E-state index < -0.39 is 0 Å². The van der Waals surface area contributed by atoms with Crippen LogP contribution >= 0.6 is 0 Å². The Kier molecular flexibility index (Phi) is 3.05. The number of ether oxygens (including phenoxy) is 1. The van der Waals surface area contributed by atoms with Gasteiger partial charge in [0.25, 0.3) is 0 Å². The van der Waals surface area contributed by atoms with Crippen LogP contribution in [-0.2, 0) is 0 Å². The Labute approximate surface area is 98.5 Å². The monoisotopic (exact) mass is 229 g/mol. The highest BCUT2D eigenvalue weighted by Crippen LogP contribution is 2.34. The van der Waals surface area contributed by atoms with Gasteiger partial charge in [-0.25, -0.2) is 0 Å². The molecule has 0 unspecified atom stereocenters. The lowest BCUT2D eigenvalue weighted by molar-refractivity contribution is 0.455. The maximum Gasteiger partial charge on any atom is 0.156 e. The summed E-state index contributed by atoms with van der Waals surface area (Å²) in [6.07, 6.45) is 0. The van der Waals surface area contributed by atoms with Gasteiger partial charge in [-0.15, -0.1) is 4.91 Å². The Morgan fingerprint density at radius 1 is 1.18 bits per heavy atom. The molecule has 0 spiro atoms. The van der Waals surface area contributed by atoms with Gasteiger partial charge < -0.3 is 9.84 Å². The van der Waals surface area contributed by atoms with Gasteiger partial charge in [-0.05, 0) is 35.9 Å². The second-order valence-electron chi connectivity index (χ2n) is 3.61. The molecule has 0 radical (unpaired) electrons. The van der Waals surface area contributed by atoms with Crippen LogP contribution in [0.2, 0.25) is 0 Å². The van der Waals surface area contributed by atoms with E-state index in [-0.39, 0.29) is 11.4 Å². The number of phenols is 1. The van der Waals surface area contributed by atoms with E-state index in [1.54, 1.807) is 43.3 Å². The molecular weight excluding hydrogens is 218 g/mol. The van der Waals surface area contributed by atoms with E-state index in [0.29, 0.717) is 11.5 Å². The summed E-state index contributed by atoms with van der Waals surface area (Å²) in [5.74, 6) is 0.946. The first kappa shape index (κ1) is 11.1. The number of aryl methyl sites for hydroxylation is 1. The van der Waals surface area contributed by atoms with Crippen molar-refractivity contribution in [2.75, 3.05) is 0 Å². The van der Waals surface area contributed by atoms with Crippen LogP contribution in [0.15, 0.2) is 47.6 Å². The van der Waals surface area contributed by atoms with Crippen molar-refractivity contribution >= 4 is 5.69 Å². The van der Waals surface area contributed by atoms with Crippen molar-refractivity contribution in [2.24, 2.45) is 5.18 Å². The van der Waals surface area contributed by atoms with E-state index in [2.05, 4.69) is 5.18 Å². The Balaban J connectivity index is 2.36. The van der Waals surface area contributed by atoms with Crippen molar-refractivity contribution in [3.05, 3.63) is 52.9 Å². The molecule has 86 valence electrons. The van der Waals surface area contributed by atoms with Crippen molar-refractivity contribution in [3.8, 4) is 17.2 Å². The predicted octanol–water partition coefficient (Wildman–Crippen LogP) is 3.89. The third kappa shape index (κ3) is 2.42. The summed E-state index contributed by atoms with van der Waals surface area (Å²) in [7, 11) is 0. The van der Waals surface area contributed by atoms with Crippen LogP contribution in [0, 0.1) is 11.8 Å². The molecule has 0 aromatic heterocycles. The summed E-state index contributed by atoms with van der Waals surface area (Å²) >= 11 is 0. The lowest BCUT2D eigenvalue weighted by Crippen LogP contribution is -1.86. The van der Waals surface area contributed by atoms with Crippen molar-refractivity contribution in [2.45, 2.75) is 6.92 Å². The minimum absolute atomic E-state index is 0.107. The van der Waals surface area contributed by atoms with Gasteiger partial charge in [-0.2, -0.15) is 0 Å². The van der Waals surface area contributed by atoms with E-state index in [1.165, 1.54) is 6.07 Å². The van der Waals surface area contributed by atoms with Crippen molar-refractivity contribution in [3.63, 3.8) is 0 Å². The molecule has 0 aliphatic rings. The van der Waals surface area contributed by atoms with Crippen LogP contribution in [0.25, 0.3) is 0 Å². The second-order valence-corrected chi connectivity index (χ2v) is 3.61. The summed E-state index contributed by atoms with van der Waals surface area (Å²) in [6, 6.07) is 11.6. The number of hydrogen-bond donors (Lipinski definition) is 1. The molecule has 2 rings (SSSR count). The number of rotatable bonds is 3. The molecule has 2 aromatic carbocycles. The fraction of sp³-hybridized carbons (Fsp3) is 0.0769. The molecule has 0 atom stereocenters. The van der Waals surface area contributed by atoms with Crippen LogP contribution in [0.3, 0.4) is 0 Å². The zero-order valence-electron chi connectivity index (χ0n) is 9.25. The van der Waals surface area contributed by atoms with E-state index in [1.807, 2.05) is 0 Å². The van der Waals surface area contributed by atoms with Gasteiger partial charge in [0.2, 0.25) is 0 Å². The summed E-state index contributed by atoms with van der Waals surface area (Å²) in [6.45, 7) is 1.78. The highest BCUT2D eigenvalue weighted by atomic mass is 16.5. The Morgan fingerprint density at radius 3 is 2.65 bits per heavy atom. The van der Waals surface area contributed by atoms with E-state index in [9.17, 15) is 10.0 Å². The lowest BCUT2D eigenvalue weighted by atomic mass is 10.2. The fourth-order valence-electron chi connectivity index (χ4n) is 1.51. The minimum Gasteiger partial charge on any atom is -0.508 e. The second kappa shape index (κ2) is 4.65. The van der Waals surface area contributed by atoms with Gasteiger partial charge in [0.05, 0.1) is 0 Å². The molecule has 0 saturated heterocycles. The van der Waals surface area contributed by atoms with Crippen molar-refractivity contribution in [1.82, 2.24) is 0 Å². The molecule has 0 bridgehead atoms. The van der Waals surface area contributed by atoms with Crippen LogP contribution < -0.4 is 4.74 Å². The van der Waals surface area contributed by atoms with Gasteiger partial charge in [0.1, 0.15) is 11.5 Å². The summed E-state index contributed by atoms with van der Waals surface area (Å²) in [5.41, 5.74) is 1.02. The minimum atomic E-state index is 0.107. The Bertz CT molecular complexity index is 552. The first-order valence-electron chi connectivity index (χ1n) is 5.10. The SMILES string of the molecule is Cc1cccc(Oc2cccc(O)c2)c1N=O. The van der Waals surface area contributed by atoms with Crippen LogP contribution in [0.4, 0.5) is 5.69 Å². The fourth-order valence-corrected chi connectivity index (χ4v) is 1.51. The van der Waals surface area contributed by atoms with Crippen LogP contribution in [0.1, 0.15) is 5.56 Å². The predicted molar refractivity (Wildman–Crippen MR) is 64.8 cm³/mol. The zero-order chi connectivity index (χ0) is 12.3. The summed E-state index contributed by atoms with van der Waals surface area (Å²) in [4.78, 5) is 10.7. The number of nitrogens with zero attached hydrogens (tertiary/aromatic N) is 1. The molecular formula is C13H11NO3. The number of phenolic OH excluding ortho intramolecular Hbond substituents is 1. The van der Waals surface area contributed by atoms with Crippen molar-refractivity contribution in [1.29, 1.82) is 0 Å². The summed E-state index contributed by atoms with van der Waals surface area (Å²) in [5, 5.41) is 12.3. The van der Waals surface area contributed by atoms with Gasteiger partial charge in [-0.1, -0.05) is 18.2 Å². The molecule has 0 amide bonds. The maximum atomic E-state index is 10.7. The highest BCUT2D eigenvalue weighted by Gasteiger charge is 2.08. The molecule has 1 N–H and O–H groups in total. The average Bonchev–Trinajstić information content (AvgIpc) is 2.29. The quantitative estimate of drug-likeness (QED) is 0.812. The van der Waals surface area contributed by atoms with Crippen molar-refractivity contribution < 1.29 is 9.84 Å². The average molecular weight is 229 g/mol. The Morgan fingerprint density at radius 2 is 1.94 bits per heavy atom. The summed E-state index contributed by atoms with van der Waals surface area (Å²) < 4.78 is 5.51. The third-order valence-electron chi connectivity index (χ3n) is 2.34. The van der Waals surface area contributed by atoms with Crippen LogP contribution in [-0.4, -0.2) is 5.11 Å². The molecule has 0 aliphatic carbocycles. The molecule has 4 nitrogen and oxygen atoms in total. The third-order valence-corrected chi connectivity index (χ3v) is 2.34. The Hall–Kier alpha value is -2.36. The van der Waals surface area contributed by atoms with Gasteiger partial charge >= 0.3 is 0 Å². The first-order chi connectivity index (χ1) is 8.20. The number of aromatic hydroxyl groups is 1. The van der Waals surface area contributed by atoms with Crippen LogP contribution in [0.5, 0.6) is 17.2 Å². The number of nitroso groups, excluding NO2 is 1. The van der Waals surface area contributed by atoms with Gasteiger partial charge in [-0.3, -0.25) is 0 Å². The lowest BCUT2D eigenvalue weighted by Gasteiger charge is -2.08. The highest BCUT2D eigenvalue weighted by molar-refractivity contribution is 5.58. The van der Waals surface area contributed by atoms with E-state index in [0.717, 1.165) is 5.56 Å². The number of benzene rings is 2. The van der Waals surface area contributed by atoms with Gasteiger partial charge in [0.15, 0.2) is 11.4 Å². The largest absolute Gasteiger partial charge is 0.508 e. The number of hydrogen-bond acceptors (Lipinski definition) is 4. The van der Waals surface area contributed by atoms with E-state index >= 15 is 0 Å².